The van der Waals surface area contributed by atoms with Gasteiger partial charge in [0, 0.05) is 17.2 Å². The van der Waals surface area contributed by atoms with Gasteiger partial charge in [-0.25, -0.2) is 4.98 Å². The van der Waals surface area contributed by atoms with Crippen LogP contribution in [0.15, 0.2) is 47.1 Å². The van der Waals surface area contributed by atoms with Gasteiger partial charge in [-0.05, 0) is 29.8 Å². The lowest BCUT2D eigenvalue weighted by atomic mass is 10.2. The van der Waals surface area contributed by atoms with Crippen LogP contribution in [0.2, 0.25) is 0 Å². The molecule has 3 N–H and O–H groups in total. The number of hydrogen-bond donors (Lipinski definition) is 2. The zero-order valence-electron chi connectivity index (χ0n) is 9.56. The molecular weight excluding hydrogens is 294 g/mol. The van der Waals surface area contributed by atoms with Crippen molar-refractivity contribution in [1.82, 2.24) is 10.3 Å². The third-order valence-electron chi connectivity index (χ3n) is 2.42. The van der Waals surface area contributed by atoms with Crippen LogP contribution in [-0.2, 0) is 6.54 Å². The van der Waals surface area contributed by atoms with Crippen molar-refractivity contribution in [3.05, 3.63) is 58.3 Å². The third kappa shape index (κ3) is 3.07. The highest BCUT2D eigenvalue weighted by Crippen LogP contribution is 2.11. The number of halogens is 1. The van der Waals surface area contributed by atoms with Gasteiger partial charge in [0.25, 0.3) is 5.91 Å². The molecule has 2 rings (SSSR count). The fourth-order valence-electron chi connectivity index (χ4n) is 1.48. The minimum Gasteiger partial charge on any atom is -0.397 e. The summed E-state index contributed by atoms with van der Waals surface area (Å²) in [6.07, 6.45) is 1.55. The number of nitrogens with one attached hydrogen (secondary N) is 1. The number of amides is 1. The van der Waals surface area contributed by atoms with Gasteiger partial charge in [-0.3, -0.25) is 4.79 Å². The van der Waals surface area contributed by atoms with Gasteiger partial charge in [-0.2, -0.15) is 0 Å². The molecule has 0 aliphatic carbocycles. The molecule has 1 aromatic carbocycles. The Hall–Kier alpha value is -1.88. The maximum Gasteiger partial charge on any atom is 0.272 e. The number of nitrogen functional groups attached to an aromatic ring is 1. The first-order chi connectivity index (χ1) is 8.66. The van der Waals surface area contributed by atoms with Crippen LogP contribution in [-0.4, -0.2) is 10.9 Å². The van der Waals surface area contributed by atoms with E-state index >= 15 is 0 Å². The van der Waals surface area contributed by atoms with Crippen LogP contribution >= 0.6 is 15.9 Å². The highest BCUT2D eigenvalue weighted by molar-refractivity contribution is 9.10. The van der Waals surface area contributed by atoms with Crippen molar-refractivity contribution in [2.75, 3.05) is 5.73 Å². The molecule has 0 saturated carbocycles. The molecule has 0 fully saturated rings. The van der Waals surface area contributed by atoms with E-state index in [0.29, 0.717) is 12.2 Å². The van der Waals surface area contributed by atoms with Crippen LogP contribution in [0.25, 0.3) is 0 Å². The van der Waals surface area contributed by atoms with Crippen molar-refractivity contribution in [1.29, 1.82) is 0 Å². The molecule has 1 heterocycles. The maximum absolute atomic E-state index is 11.8. The van der Waals surface area contributed by atoms with Gasteiger partial charge in [0.05, 0.1) is 5.69 Å². The lowest BCUT2D eigenvalue weighted by Crippen LogP contribution is -2.24. The molecule has 18 heavy (non-hydrogen) atoms. The molecule has 2 aromatic rings. The molecular formula is C13H12BrN3O. The fraction of sp³-hybridized carbons (Fsp3) is 0.0769. The number of aromatic nitrogens is 1. The summed E-state index contributed by atoms with van der Waals surface area (Å²) in [5, 5.41) is 2.78. The Kier molecular flexibility index (Phi) is 3.94. The highest BCUT2D eigenvalue weighted by Gasteiger charge is 2.09. The minimum atomic E-state index is -0.268. The molecule has 0 aliphatic heterocycles. The van der Waals surface area contributed by atoms with E-state index in [4.69, 9.17) is 5.73 Å². The Morgan fingerprint density at radius 2 is 2.00 bits per heavy atom. The van der Waals surface area contributed by atoms with E-state index in [1.165, 1.54) is 0 Å². The average Bonchev–Trinajstić information content (AvgIpc) is 2.38. The summed E-state index contributed by atoms with van der Waals surface area (Å²) in [6, 6.07) is 11.1. The summed E-state index contributed by atoms with van der Waals surface area (Å²) in [6.45, 7) is 0.447. The monoisotopic (exact) mass is 305 g/mol. The molecule has 92 valence electrons. The standard InChI is InChI=1S/C13H12BrN3O/c14-10-5-3-9(4-6-10)8-17-13(18)12-11(15)2-1-7-16-12/h1-7H,8,15H2,(H,17,18). The number of carbonyl (C=O) groups is 1. The molecule has 0 aliphatic rings. The van der Waals surface area contributed by atoms with Gasteiger partial charge in [0.1, 0.15) is 0 Å². The Balaban J connectivity index is 2.01. The van der Waals surface area contributed by atoms with Crippen molar-refractivity contribution >= 4 is 27.5 Å². The van der Waals surface area contributed by atoms with Crippen LogP contribution in [0.4, 0.5) is 5.69 Å². The van der Waals surface area contributed by atoms with E-state index < -0.39 is 0 Å². The minimum absolute atomic E-state index is 0.259. The zero-order chi connectivity index (χ0) is 13.0. The lowest BCUT2D eigenvalue weighted by Gasteiger charge is -2.06. The highest BCUT2D eigenvalue weighted by atomic mass is 79.9. The molecule has 0 spiro atoms. The maximum atomic E-state index is 11.8. The number of nitrogens with zero attached hydrogens (tertiary/aromatic N) is 1. The summed E-state index contributed by atoms with van der Waals surface area (Å²) in [5.74, 6) is -0.268. The smallest absolute Gasteiger partial charge is 0.272 e. The molecule has 0 bridgehead atoms. The van der Waals surface area contributed by atoms with E-state index in [0.717, 1.165) is 10.0 Å². The van der Waals surface area contributed by atoms with Crippen LogP contribution < -0.4 is 11.1 Å². The molecule has 0 atom stereocenters. The molecule has 0 radical (unpaired) electrons. The molecule has 5 heteroatoms. The van der Waals surface area contributed by atoms with Gasteiger partial charge < -0.3 is 11.1 Å². The number of nitrogens with two attached hydrogens (primary N) is 1. The third-order valence-corrected chi connectivity index (χ3v) is 2.95. The zero-order valence-corrected chi connectivity index (χ0v) is 11.1. The Morgan fingerprint density at radius 1 is 1.28 bits per heavy atom. The van der Waals surface area contributed by atoms with Gasteiger partial charge >= 0.3 is 0 Å². The molecule has 0 saturated heterocycles. The van der Waals surface area contributed by atoms with Gasteiger partial charge in [-0.15, -0.1) is 0 Å². The number of benzene rings is 1. The Bertz CT molecular complexity index is 554. The number of anilines is 1. The van der Waals surface area contributed by atoms with Crippen molar-refractivity contribution < 1.29 is 4.79 Å². The average molecular weight is 306 g/mol. The second kappa shape index (κ2) is 5.64. The molecule has 0 unspecified atom stereocenters. The molecule has 1 aromatic heterocycles. The summed E-state index contributed by atoms with van der Waals surface area (Å²) in [4.78, 5) is 15.8. The first-order valence-corrected chi connectivity index (χ1v) is 6.19. The topological polar surface area (TPSA) is 68.0 Å². The van der Waals surface area contributed by atoms with E-state index in [1.54, 1.807) is 18.3 Å². The van der Waals surface area contributed by atoms with Crippen LogP contribution in [0.5, 0.6) is 0 Å². The number of pyridine rings is 1. The fourth-order valence-corrected chi connectivity index (χ4v) is 1.74. The Labute approximate surface area is 113 Å². The van der Waals surface area contributed by atoms with E-state index in [-0.39, 0.29) is 11.6 Å². The Morgan fingerprint density at radius 3 is 2.67 bits per heavy atom. The molecule has 1 amide bonds. The van der Waals surface area contributed by atoms with Gasteiger partial charge in [0.2, 0.25) is 0 Å². The van der Waals surface area contributed by atoms with Crippen molar-refractivity contribution in [2.24, 2.45) is 0 Å². The van der Waals surface area contributed by atoms with Crippen LogP contribution in [0, 0.1) is 0 Å². The normalized spacial score (nSPS) is 10.1. The summed E-state index contributed by atoms with van der Waals surface area (Å²) in [5.41, 5.74) is 7.33. The quantitative estimate of drug-likeness (QED) is 0.914. The summed E-state index contributed by atoms with van der Waals surface area (Å²) >= 11 is 3.36. The van der Waals surface area contributed by atoms with E-state index in [1.807, 2.05) is 24.3 Å². The van der Waals surface area contributed by atoms with E-state index in [2.05, 4.69) is 26.2 Å². The number of carbonyl (C=O) groups excluding carboxylic acids is 1. The predicted molar refractivity (Wildman–Crippen MR) is 74.0 cm³/mol. The van der Waals surface area contributed by atoms with Crippen LogP contribution in [0.1, 0.15) is 16.1 Å². The second-order valence-corrected chi connectivity index (χ2v) is 4.67. The predicted octanol–water partition coefficient (Wildman–Crippen LogP) is 2.36. The van der Waals surface area contributed by atoms with E-state index in [9.17, 15) is 4.79 Å². The second-order valence-electron chi connectivity index (χ2n) is 3.75. The number of rotatable bonds is 3. The van der Waals surface area contributed by atoms with Crippen LogP contribution in [0.3, 0.4) is 0 Å². The van der Waals surface area contributed by atoms with Crippen molar-refractivity contribution in [3.63, 3.8) is 0 Å². The summed E-state index contributed by atoms with van der Waals surface area (Å²) < 4.78 is 1.01. The SMILES string of the molecule is Nc1cccnc1C(=O)NCc1ccc(Br)cc1. The number of hydrogen-bond acceptors (Lipinski definition) is 3. The molecule has 4 nitrogen and oxygen atoms in total. The van der Waals surface area contributed by atoms with Crippen molar-refractivity contribution in [3.8, 4) is 0 Å². The van der Waals surface area contributed by atoms with Crippen molar-refractivity contribution in [2.45, 2.75) is 6.54 Å². The lowest BCUT2D eigenvalue weighted by molar-refractivity contribution is 0.0947. The summed E-state index contributed by atoms with van der Waals surface area (Å²) in [7, 11) is 0. The van der Waals surface area contributed by atoms with Gasteiger partial charge in [-0.1, -0.05) is 28.1 Å². The first-order valence-electron chi connectivity index (χ1n) is 5.40. The van der Waals surface area contributed by atoms with Gasteiger partial charge in [0.15, 0.2) is 5.69 Å². The first kappa shape index (κ1) is 12.6. The largest absolute Gasteiger partial charge is 0.397 e.